The standard InChI is InChI=1S/C22H16O2S/c1-15-11-13-17(14-12-15)25-21-20(16-7-3-2-4-8-16)18-9-5-6-10-19(18)24-22(21)23/h2-14H,1H3. The summed E-state index contributed by atoms with van der Waals surface area (Å²) in [5, 5.41) is 0.947. The van der Waals surface area contributed by atoms with Gasteiger partial charge in [0.2, 0.25) is 0 Å². The zero-order chi connectivity index (χ0) is 17.2. The van der Waals surface area contributed by atoms with E-state index in [0.29, 0.717) is 10.5 Å². The summed E-state index contributed by atoms with van der Waals surface area (Å²) in [6, 6.07) is 25.8. The lowest BCUT2D eigenvalue weighted by Gasteiger charge is -2.11. The minimum atomic E-state index is -0.303. The van der Waals surface area contributed by atoms with E-state index in [-0.39, 0.29) is 5.63 Å². The van der Waals surface area contributed by atoms with Gasteiger partial charge >= 0.3 is 5.63 Å². The van der Waals surface area contributed by atoms with Crippen molar-refractivity contribution < 1.29 is 4.42 Å². The van der Waals surface area contributed by atoms with E-state index in [9.17, 15) is 4.79 Å². The van der Waals surface area contributed by atoms with E-state index in [2.05, 4.69) is 0 Å². The third kappa shape index (κ3) is 3.11. The van der Waals surface area contributed by atoms with Crippen LogP contribution in [0, 0.1) is 6.92 Å². The average Bonchev–Trinajstić information content (AvgIpc) is 2.65. The summed E-state index contributed by atoms with van der Waals surface area (Å²) in [5.41, 5.74) is 3.44. The van der Waals surface area contributed by atoms with Gasteiger partial charge in [0.25, 0.3) is 0 Å². The van der Waals surface area contributed by atoms with Crippen molar-refractivity contribution in [3.8, 4) is 11.1 Å². The first-order valence-electron chi connectivity index (χ1n) is 8.08. The molecule has 0 spiro atoms. The van der Waals surface area contributed by atoms with Gasteiger partial charge in [-0.3, -0.25) is 0 Å². The number of fused-ring (bicyclic) bond motifs is 1. The van der Waals surface area contributed by atoms with Crippen LogP contribution in [0.1, 0.15) is 5.56 Å². The van der Waals surface area contributed by atoms with Crippen molar-refractivity contribution >= 4 is 22.7 Å². The first kappa shape index (κ1) is 15.7. The van der Waals surface area contributed by atoms with Crippen LogP contribution in [-0.4, -0.2) is 0 Å². The molecule has 1 aromatic heterocycles. The topological polar surface area (TPSA) is 30.2 Å². The highest BCUT2D eigenvalue weighted by Crippen LogP contribution is 2.38. The number of aryl methyl sites for hydroxylation is 1. The predicted octanol–water partition coefficient (Wildman–Crippen LogP) is 5.92. The molecule has 0 radical (unpaired) electrons. The van der Waals surface area contributed by atoms with Crippen molar-refractivity contribution in [3.63, 3.8) is 0 Å². The van der Waals surface area contributed by atoms with E-state index < -0.39 is 0 Å². The molecule has 2 nitrogen and oxygen atoms in total. The minimum absolute atomic E-state index is 0.303. The SMILES string of the molecule is Cc1ccc(Sc2c(-c3ccccc3)c3ccccc3oc2=O)cc1. The van der Waals surface area contributed by atoms with Gasteiger partial charge in [0.05, 0.1) is 0 Å². The Morgan fingerprint density at radius 3 is 2.24 bits per heavy atom. The molecular weight excluding hydrogens is 328 g/mol. The van der Waals surface area contributed by atoms with E-state index in [0.717, 1.165) is 21.4 Å². The third-order valence-corrected chi connectivity index (χ3v) is 5.16. The lowest BCUT2D eigenvalue weighted by Crippen LogP contribution is -2.04. The Bertz CT molecular complexity index is 1080. The first-order valence-corrected chi connectivity index (χ1v) is 8.90. The van der Waals surface area contributed by atoms with Gasteiger partial charge in [-0.15, -0.1) is 0 Å². The molecule has 1 heterocycles. The maximum Gasteiger partial charge on any atom is 0.351 e. The first-order chi connectivity index (χ1) is 12.2. The van der Waals surface area contributed by atoms with E-state index in [1.807, 2.05) is 85.8 Å². The number of benzene rings is 3. The van der Waals surface area contributed by atoms with Crippen molar-refractivity contribution in [2.75, 3.05) is 0 Å². The van der Waals surface area contributed by atoms with Crippen LogP contribution in [0.4, 0.5) is 0 Å². The summed E-state index contributed by atoms with van der Waals surface area (Å²) in [6.45, 7) is 2.05. The van der Waals surface area contributed by atoms with E-state index in [4.69, 9.17) is 4.42 Å². The number of para-hydroxylation sites is 1. The van der Waals surface area contributed by atoms with Crippen molar-refractivity contribution in [1.82, 2.24) is 0 Å². The highest BCUT2D eigenvalue weighted by atomic mass is 32.2. The second-order valence-electron chi connectivity index (χ2n) is 5.87. The largest absolute Gasteiger partial charge is 0.422 e. The molecule has 0 aliphatic heterocycles. The van der Waals surface area contributed by atoms with E-state index >= 15 is 0 Å². The van der Waals surface area contributed by atoms with Crippen LogP contribution in [0.15, 0.2) is 97.9 Å². The van der Waals surface area contributed by atoms with E-state index in [1.165, 1.54) is 17.3 Å². The summed E-state index contributed by atoms with van der Waals surface area (Å²) in [7, 11) is 0. The summed E-state index contributed by atoms with van der Waals surface area (Å²) < 4.78 is 5.57. The molecule has 4 aromatic rings. The lowest BCUT2D eigenvalue weighted by atomic mass is 10.0. The highest BCUT2D eigenvalue weighted by Gasteiger charge is 2.17. The molecule has 0 N–H and O–H groups in total. The molecule has 0 aliphatic carbocycles. The van der Waals surface area contributed by atoms with Gasteiger partial charge < -0.3 is 4.42 Å². The number of hydrogen-bond acceptors (Lipinski definition) is 3. The van der Waals surface area contributed by atoms with E-state index in [1.54, 1.807) is 0 Å². The van der Waals surface area contributed by atoms with Crippen LogP contribution in [0.5, 0.6) is 0 Å². The second-order valence-corrected chi connectivity index (χ2v) is 6.95. The van der Waals surface area contributed by atoms with Crippen LogP contribution in [0.25, 0.3) is 22.1 Å². The summed E-state index contributed by atoms with van der Waals surface area (Å²) >= 11 is 1.45. The van der Waals surface area contributed by atoms with Gasteiger partial charge in [0, 0.05) is 15.8 Å². The maximum atomic E-state index is 12.7. The Balaban J connectivity index is 1.98. The summed E-state index contributed by atoms with van der Waals surface area (Å²) in [5.74, 6) is 0. The molecule has 0 saturated heterocycles. The molecular formula is C22H16O2S. The Morgan fingerprint density at radius 2 is 1.48 bits per heavy atom. The van der Waals surface area contributed by atoms with Crippen molar-refractivity contribution in [2.45, 2.75) is 16.7 Å². The van der Waals surface area contributed by atoms with Crippen LogP contribution < -0.4 is 5.63 Å². The predicted molar refractivity (Wildman–Crippen MR) is 103 cm³/mol. The van der Waals surface area contributed by atoms with Crippen LogP contribution in [0.2, 0.25) is 0 Å². The van der Waals surface area contributed by atoms with Crippen molar-refractivity contribution in [3.05, 3.63) is 94.8 Å². The van der Waals surface area contributed by atoms with Crippen LogP contribution >= 0.6 is 11.8 Å². The molecule has 3 aromatic carbocycles. The fraction of sp³-hybridized carbons (Fsp3) is 0.0455. The molecule has 122 valence electrons. The zero-order valence-electron chi connectivity index (χ0n) is 13.7. The van der Waals surface area contributed by atoms with Gasteiger partial charge in [-0.1, -0.05) is 78.0 Å². The number of rotatable bonds is 3. The molecule has 25 heavy (non-hydrogen) atoms. The summed E-state index contributed by atoms with van der Waals surface area (Å²) in [6.07, 6.45) is 0. The van der Waals surface area contributed by atoms with Gasteiger partial charge in [-0.2, -0.15) is 0 Å². The van der Waals surface area contributed by atoms with Gasteiger partial charge in [-0.05, 0) is 30.7 Å². The third-order valence-electron chi connectivity index (χ3n) is 4.07. The molecule has 0 saturated carbocycles. The molecule has 0 atom stereocenters. The van der Waals surface area contributed by atoms with Gasteiger partial charge in [0.15, 0.2) is 0 Å². The molecule has 3 heteroatoms. The fourth-order valence-electron chi connectivity index (χ4n) is 2.84. The van der Waals surface area contributed by atoms with Crippen LogP contribution in [0.3, 0.4) is 0 Å². The summed E-state index contributed by atoms with van der Waals surface area (Å²) in [4.78, 5) is 14.3. The zero-order valence-corrected chi connectivity index (χ0v) is 14.5. The molecule has 4 rings (SSSR count). The number of hydrogen-bond donors (Lipinski definition) is 0. The quantitative estimate of drug-likeness (QED) is 0.432. The normalized spacial score (nSPS) is 10.9. The lowest BCUT2D eigenvalue weighted by molar-refractivity contribution is 0.545. The Morgan fingerprint density at radius 1 is 0.800 bits per heavy atom. The Labute approximate surface area is 150 Å². The monoisotopic (exact) mass is 344 g/mol. The average molecular weight is 344 g/mol. The molecule has 0 amide bonds. The molecule has 0 fully saturated rings. The Hall–Kier alpha value is -2.78. The second kappa shape index (κ2) is 6.61. The van der Waals surface area contributed by atoms with Gasteiger partial charge in [-0.25, -0.2) is 4.79 Å². The minimum Gasteiger partial charge on any atom is -0.422 e. The molecule has 0 bridgehead atoms. The van der Waals surface area contributed by atoms with Gasteiger partial charge in [0.1, 0.15) is 10.5 Å². The fourth-order valence-corrected chi connectivity index (χ4v) is 3.80. The molecule has 0 unspecified atom stereocenters. The Kier molecular flexibility index (Phi) is 4.16. The maximum absolute atomic E-state index is 12.7. The van der Waals surface area contributed by atoms with Crippen LogP contribution in [-0.2, 0) is 0 Å². The smallest absolute Gasteiger partial charge is 0.351 e. The van der Waals surface area contributed by atoms with Crippen molar-refractivity contribution in [2.24, 2.45) is 0 Å². The molecule has 0 aliphatic rings. The van der Waals surface area contributed by atoms with Crippen molar-refractivity contribution in [1.29, 1.82) is 0 Å². The highest BCUT2D eigenvalue weighted by molar-refractivity contribution is 7.99.